The van der Waals surface area contributed by atoms with Crippen LogP contribution >= 0.6 is 0 Å². The highest BCUT2D eigenvalue weighted by Crippen LogP contribution is 2.09. The molecule has 0 atom stereocenters. The van der Waals surface area contributed by atoms with Crippen LogP contribution in [0.4, 0.5) is 0 Å². The van der Waals surface area contributed by atoms with Gasteiger partial charge in [0.05, 0.1) is 25.6 Å². The lowest BCUT2D eigenvalue weighted by atomic mass is 10.1. The predicted octanol–water partition coefficient (Wildman–Crippen LogP) is 2.32. The van der Waals surface area contributed by atoms with Crippen molar-refractivity contribution in [2.45, 2.75) is 26.9 Å². The number of aromatic nitrogens is 2. The molecule has 0 aliphatic heterocycles. The molecule has 0 saturated heterocycles. The van der Waals surface area contributed by atoms with Gasteiger partial charge in [0, 0.05) is 17.8 Å². The van der Waals surface area contributed by atoms with Crippen LogP contribution in [0.2, 0.25) is 0 Å². The van der Waals surface area contributed by atoms with E-state index < -0.39 is 0 Å². The summed E-state index contributed by atoms with van der Waals surface area (Å²) in [5.41, 5.74) is 3.44. The summed E-state index contributed by atoms with van der Waals surface area (Å²) in [5, 5.41) is 0. The number of aryl methyl sites for hydroxylation is 2. The van der Waals surface area contributed by atoms with Crippen molar-refractivity contribution in [1.82, 2.24) is 9.13 Å². The van der Waals surface area contributed by atoms with Gasteiger partial charge in [-0.15, -0.1) is 0 Å². The zero-order valence-corrected chi connectivity index (χ0v) is 13.2. The van der Waals surface area contributed by atoms with E-state index in [-0.39, 0.29) is 17.8 Å². The van der Waals surface area contributed by atoms with Crippen LogP contribution in [0.5, 0.6) is 0 Å². The van der Waals surface area contributed by atoms with E-state index in [0.29, 0.717) is 6.54 Å². The van der Waals surface area contributed by atoms with Crippen molar-refractivity contribution in [3.05, 3.63) is 92.1 Å². The maximum atomic E-state index is 12.6. The van der Waals surface area contributed by atoms with Crippen molar-refractivity contribution in [3.63, 3.8) is 0 Å². The summed E-state index contributed by atoms with van der Waals surface area (Å²) in [6, 6.07) is 9.27. The molecule has 3 aromatic rings. The molecule has 0 amide bonds. The fourth-order valence-corrected chi connectivity index (χ4v) is 2.74. The second-order valence-corrected chi connectivity index (χ2v) is 5.78. The molecule has 0 aliphatic carbocycles. The number of rotatable bonds is 4. The molecule has 3 rings (SSSR count). The van der Waals surface area contributed by atoms with Gasteiger partial charge in [0.2, 0.25) is 0 Å². The quantitative estimate of drug-likeness (QED) is 0.743. The molecule has 0 bridgehead atoms. The van der Waals surface area contributed by atoms with Gasteiger partial charge in [0.1, 0.15) is 0 Å². The minimum Gasteiger partial charge on any atom is -0.472 e. The molecule has 0 spiro atoms. The van der Waals surface area contributed by atoms with Crippen molar-refractivity contribution < 1.29 is 4.42 Å². The number of benzene rings is 1. The van der Waals surface area contributed by atoms with Crippen LogP contribution in [0.15, 0.2) is 63.1 Å². The zero-order chi connectivity index (χ0) is 16.4. The molecule has 0 aliphatic rings. The van der Waals surface area contributed by atoms with Crippen molar-refractivity contribution >= 4 is 0 Å². The van der Waals surface area contributed by atoms with Gasteiger partial charge in [-0.25, -0.2) is 4.79 Å². The lowest BCUT2D eigenvalue weighted by Gasteiger charge is -2.10. The van der Waals surface area contributed by atoms with Gasteiger partial charge in [-0.1, -0.05) is 29.3 Å². The Kier molecular flexibility index (Phi) is 4.02. The van der Waals surface area contributed by atoms with Crippen LogP contribution in [0.25, 0.3) is 0 Å². The molecular formula is C18H18N2O3. The van der Waals surface area contributed by atoms with Crippen LogP contribution < -0.4 is 11.2 Å². The maximum Gasteiger partial charge on any atom is 0.331 e. The van der Waals surface area contributed by atoms with Gasteiger partial charge in [-0.3, -0.25) is 13.9 Å². The molecule has 2 aromatic heterocycles. The molecule has 0 radical (unpaired) electrons. The highest BCUT2D eigenvalue weighted by Gasteiger charge is 2.08. The first-order valence-corrected chi connectivity index (χ1v) is 7.41. The first kappa shape index (κ1) is 15.1. The summed E-state index contributed by atoms with van der Waals surface area (Å²) in [7, 11) is 0. The highest BCUT2D eigenvalue weighted by atomic mass is 16.3. The normalized spacial score (nSPS) is 10.9. The molecule has 0 saturated carbocycles. The fraction of sp³-hybridized carbons (Fsp3) is 0.222. The molecule has 5 heteroatoms. The lowest BCUT2D eigenvalue weighted by Crippen LogP contribution is -2.39. The summed E-state index contributed by atoms with van der Waals surface area (Å²) < 4.78 is 7.79. The first-order valence-electron chi connectivity index (χ1n) is 7.41. The van der Waals surface area contributed by atoms with Gasteiger partial charge >= 0.3 is 5.69 Å². The number of nitrogens with zero attached hydrogens (tertiary/aromatic N) is 2. The van der Waals surface area contributed by atoms with Crippen molar-refractivity contribution in [1.29, 1.82) is 0 Å². The SMILES string of the molecule is Cc1cc(C)cc(Cn2c(=O)ccn(Cc3ccoc3)c2=O)c1. The largest absolute Gasteiger partial charge is 0.472 e. The Hall–Kier alpha value is -2.82. The Morgan fingerprint density at radius 2 is 1.70 bits per heavy atom. The molecule has 23 heavy (non-hydrogen) atoms. The van der Waals surface area contributed by atoms with Crippen LogP contribution in [0.1, 0.15) is 22.3 Å². The minimum atomic E-state index is -0.321. The molecule has 0 unspecified atom stereocenters. The topological polar surface area (TPSA) is 57.1 Å². The third kappa shape index (κ3) is 3.34. The Morgan fingerprint density at radius 3 is 2.35 bits per heavy atom. The number of furan rings is 1. The molecule has 1 aromatic carbocycles. The van der Waals surface area contributed by atoms with E-state index in [4.69, 9.17) is 4.42 Å². The Labute approximate surface area is 133 Å². The van der Waals surface area contributed by atoms with Gasteiger partial charge in [0.25, 0.3) is 5.56 Å². The van der Waals surface area contributed by atoms with Crippen LogP contribution in [0, 0.1) is 13.8 Å². The lowest BCUT2D eigenvalue weighted by molar-refractivity contribution is 0.558. The van der Waals surface area contributed by atoms with E-state index in [9.17, 15) is 9.59 Å². The second-order valence-electron chi connectivity index (χ2n) is 5.78. The van der Waals surface area contributed by atoms with Crippen molar-refractivity contribution in [2.75, 3.05) is 0 Å². The third-order valence-corrected chi connectivity index (χ3v) is 3.69. The van der Waals surface area contributed by atoms with Gasteiger partial charge in [-0.2, -0.15) is 0 Å². The summed E-state index contributed by atoms with van der Waals surface area (Å²) in [5.74, 6) is 0. The van der Waals surface area contributed by atoms with E-state index in [1.807, 2.05) is 26.0 Å². The monoisotopic (exact) mass is 310 g/mol. The highest BCUT2D eigenvalue weighted by molar-refractivity contribution is 5.28. The predicted molar refractivity (Wildman–Crippen MR) is 87.8 cm³/mol. The number of hydrogen-bond donors (Lipinski definition) is 0. The van der Waals surface area contributed by atoms with E-state index in [0.717, 1.165) is 22.3 Å². The Balaban J connectivity index is 1.98. The van der Waals surface area contributed by atoms with Crippen LogP contribution in [-0.2, 0) is 13.1 Å². The van der Waals surface area contributed by atoms with E-state index in [1.54, 1.807) is 18.6 Å². The van der Waals surface area contributed by atoms with Gasteiger partial charge < -0.3 is 4.42 Å². The zero-order valence-electron chi connectivity index (χ0n) is 13.2. The number of hydrogen-bond acceptors (Lipinski definition) is 3. The molecule has 5 nitrogen and oxygen atoms in total. The van der Waals surface area contributed by atoms with Crippen molar-refractivity contribution in [2.24, 2.45) is 0 Å². The smallest absolute Gasteiger partial charge is 0.331 e. The van der Waals surface area contributed by atoms with Gasteiger partial charge in [-0.05, 0) is 25.5 Å². The second kappa shape index (κ2) is 6.12. The summed E-state index contributed by atoms with van der Waals surface area (Å²) >= 11 is 0. The van der Waals surface area contributed by atoms with E-state index in [2.05, 4.69) is 6.07 Å². The average molecular weight is 310 g/mol. The third-order valence-electron chi connectivity index (χ3n) is 3.69. The van der Waals surface area contributed by atoms with E-state index >= 15 is 0 Å². The maximum absolute atomic E-state index is 12.6. The van der Waals surface area contributed by atoms with Crippen LogP contribution in [-0.4, -0.2) is 9.13 Å². The fourth-order valence-electron chi connectivity index (χ4n) is 2.74. The van der Waals surface area contributed by atoms with Crippen LogP contribution in [0.3, 0.4) is 0 Å². The standard InChI is InChI=1S/C18H18N2O3/c1-13-7-14(2)9-16(8-13)11-20-17(21)3-5-19(18(20)22)10-15-4-6-23-12-15/h3-9,12H,10-11H2,1-2H3. The molecular weight excluding hydrogens is 292 g/mol. The summed E-state index contributed by atoms with van der Waals surface area (Å²) in [6.45, 7) is 4.65. The summed E-state index contributed by atoms with van der Waals surface area (Å²) in [4.78, 5) is 24.7. The Bertz CT molecular complexity index is 913. The molecule has 0 N–H and O–H groups in total. The molecule has 0 fully saturated rings. The first-order chi connectivity index (χ1) is 11.0. The minimum absolute atomic E-state index is 0.270. The molecule has 2 heterocycles. The average Bonchev–Trinajstić information content (AvgIpc) is 2.98. The molecule has 118 valence electrons. The van der Waals surface area contributed by atoms with Gasteiger partial charge in [0.15, 0.2) is 0 Å². The van der Waals surface area contributed by atoms with E-state index in [1.165, 1.54) is 21.4 Å². The van der Waals surface area contributed by atoms with Crippen molar-refractivity contribution in [3.8, 4) is 0 Å². The Morgan fingerprint density at radius 1 is 0.957 bits per heavy atom. The summed E-state index contributed by atoms with van der Waals surface area (Å²) in [6.07, 6.45) is 4.67.